The first kappa shape index (κ1) is 17.2. The maximum absolute atomic E-state index is 10.4. The van der Waals surface area contributed by atoms with Crippen molar-refractivity contribution in [3.05, 3.63) is 35.9 Å². The van der Waals surface area contributed by atoms with Crippen LogP contribution in [-0.4, -0.2) is 28.9 Å². The fraction of sp³-hybridized carbons (Fsp3) is 0.471. The minimum Gasteiger partial charge on any atom is -0.494 e. The van der Waals surface area contributed by atoms with Crippen LogP contribution in [0.15, 0.2) is 30.3 Å². The first-order valence-corrected chi connectivity index (χ1v) is 7.43. The van der Waals surface area contributed by atoms with Crippen LogP contribution in [0.25, 0.3) is 6.08 Å². The van der Waals surface area contributed by atoms with E-state index < -0.39 is 5.97 Å². The molecule has 1 unspecified atom stereocenters. The molecule has 0 saturated carbocycles. The predicted molar refractivity (Wildman–Crippen MR) is 83.4 cm³/mol. The maximum atomic E-state index is 10.4. The second-order valence-electron chi connectivity index (χ2n) is 5.03. The second kappa shape index (κ2) is 10.00. The number of carboxylic acids is 1. The van der Waals surface area contributed by atoms with Gasteiger partial charge >= 0.3 is 5.97 Å². The summed E-state index contributed by atoms with van der Waals surface area (Å²) in [5.74, 6) is -0.206. The molecule has 116 valence electrons. The lowest BCUT2D eigenvalue weighted by Gasteiger charge is -2.10. The number of hydrogen-bond donors (Lipinski definition) is 2. The molecule has 0 bridgehead atoms. The number of aliphatic carboxylic acids is 1. The van der Waals surface area contributed by atoms with Gasteiger partial charge in [-0.3, -0.25) is 0 Å². The van der Waals surface area contributed by atoms with Crippen LogP contribution in [-0.2, 0) is 4.79 Å². The summed E-state index contributed by atoms with van der Waals surface area (Å²) in [6, 6.07) is 7.25. The number of ether oxygens (including phenoxy) is 1. The van der Waals surface area contributed by atoms with Crippen LogP contribution in [0, 0.1) is 0 Å². The van der Waals surface area contributed by atoms with Gasteiger partial charge in [-0.2, -0.15) is 0 Å². The summed E-state index contributed by atoms with van der Waals surface area (Å²) in [7, 11) is 0. The second-order valence-corrected chi connectivity index (χ2v) is 5.03. The highest BCUT2D eigenvalue weighted by Gasteiger charge is 2.03. The largest absolute Gasteiger partial charge is 0.494 e. The number of carbonyl (C=O) groups is 1. The van der Waals surface area contributed by atoms with E-state index in [9.17, 15) is 9.90 Å². The van der Waals surface area contributed by atoms with Gasteiger partial charge in [0.1, 0.15) is 5.75 Å². The lowest BCUT2D eigenvalue weighted by molar-refractivity contribution is -0.131. The van der Waals surface area contributed by atoms with E-state index in [1.807, 2.05) is 24.3 Å². The Labute approximate surface area is 126 Å². The Balaban J connectivity index is 2.25. The monoisotopic (exact) mass is 292 g/mol. The first-order valence-electron chi connectivity index (χ1n) is 7.43. The van der Waals surface area contributed by atoms with E-state index in [1.54, 1.807) is 0 Å². The molecule has 21 heavy (non-hydrogen) atoms. The summed E-state index contributed by atoms with van der Waals surface area (Å²) in [6.45, 7) is 2.69. The molecule has 0 spiro atoms. The highest BCUT2D eigenvalue weighted by atomic mass is 16.5. The summed E-state index contributed by atoms with van der Waals surface area (Å²) in [4.78, 5) is 10.4. The average molecular weight is 292 g/mol. The normalized spacial score (nSPS) is 12.5. The minimum atomic E-state index is -0.961. The number of unbranched alkanes of at least 4 members (excludes halogenated alkanes) is 1. The molecule has 1 rings (SSSR count). The van der Waals surface area contributed by atoms with Crippen molar-refractivity contribution in [1.29, 1.82) is 0 Å². The Morgan fingerprint density at radius 3 is 2.52 bits per heavy atom. The minimum absolute atomic E-state index is 0.225. The average Bonchev–Trinajstić information content (AvgIpc) is 2.48. The molecule has 0 heterocycles. The van der Waals surface area contributed by atoms with Crippen molar-refractivity contribution < 1.29 is 19.7 Å². The molecule has 4 nitrogen and oxygen atoms in total. The molecular formula is C17H24O4. The topological polar surface area (TPSA) is 66.8 Å². The standard InChI is InChI=1S/C17H24O4/c1-2-3-5-15(18)6-4-13-21-16-10-7-14(8-11-16)9-12-17(19)20/h7-12,15,18H,2-6,13H2,1H3,(H,19,20)/b12-9+. The SMILES string of the molecule is CCCCC(O)CCCOc1ccc(/C=C/C(=O)O)cc1. The molecule has 0 aliphatic carbocycles. The van der Waals surface area contributed by atoms with Gasteiger partial charge in [-0.25, -0.2) is 4.79 Å². The van der Waals surface area contributed by atoms with Crippen molar-refractivity contribution in [2.45, 2.75) is 45.1 Å². The van der Waals surface area contributed by atoms with Crippen LogP contribution < -0.4 is 4.74 Å². The zero-order valence-electron chi connectivity index (χ0n) is 12.5. The fourth-order valence-corrected chi connectivity index (χ4v) is 1.94. The third kappa shape index (κ3) is 8.15. The van der Waals surface area contributed by atoms with Gasteiger partial charge in [0.15, 0.2) is 0 Å². The molecule has 2 N–H and O–H groups in total. The van der Waals surface area contributed by atoms with Gasteiger partial charge in [-0.1, -0.05) is 31.9 Å². The van der Waals surface area contributed by atoms with E-state index in [0.717, 1.165) is 49.5 Å². The van der Waals surface area contributed by atoms with Crippen molar-refractivity contribution in [3.63, 3.8) is 0 Å². The zero-order valence-corrected chi connectivity index (χ0v) is 12.5. The number of carboxylic acid groups (broad SMARTS) is 1. The Kier molecular flexibility index (Phi) is 8.21. The van der Waals surface area contributed by atoms with Gasteiger partial charge in [0.05, 0.1) is 12.7 Å². The molecule has 0 aliphatic heterocycles. The summed E-state index contributed by atoms with van der Waals surface area (Å²) in [6.07, 6.45) is 7.04. The van der Waals surface area contributed by atoms with Gasteiger partial charge < -0.3 is 14.9 Å². The molecule has 0 radical (unpaired) electrons. The molecule has 1 atom stereocenters. The Hall–Kier alpha value is -1.81. The highest BCUT2D eigenvalue weighted by Crippen LogP contribution is 2.14. The van der Waals surface area contributed by atoms with Gasteiger partial charge in [0.25, 0.3) is 0 Å². The van der Waals surface area contributed by atoms with E-state index in [2.05, 4.69) is 6.92 Å². The Morgan fingerprint density at radius 1 is 1.24 bits per heavy atom. The van der Waals surface area contributed by atoms with Crippen molar-refractivity contribution >= 4 is 12.0 Å². The smallest absolute Gasteiger partial charge is 0.328 e. The zero-order chi connectivity index (χ0) is 15.5. The van der Waals surface area contributed by atoms with Crippen molar-refractivity contribution in [3.8, 4) is 5.75 Å². The number of benzene rings is 1. The Morgan fingerprint density at radius 2 is 1.90 bits per heavy atom. The van der Waals surface area contributed by atoms with Gasteiger partial charge in [0.2, 0.25) is 0 Å². The Bertz CT molecular complexity index is 437. The summed E-state index contributed by atoms with van der Waals surface area (Å²) >= 11 is 0. The van der Waals surface area contributed by atoms with E-state index in [0.29, 0.717) is 6.61 Å². The van der Waals surface area contributed by atoms with E-state index in [1.165, 1.54) is 6.08 Å². The number of aliphatic hydroxyl groups is 1. The molecule has 4 heteroatoms. The van der Waals surface area contributed by atoms with Crippen molar-refractivity contribution in [2.75, 3.05) is 6.61 Å². The van der Waals surface area contributed by atoms with E-state index in [4.69, 9.17) is 9.84 Å². The quantitative estimate of drug-likeness (QED) is 0.511. The molecule has 1 aromatic carbocycles. The van der Waals surface area contributed by atoms with Crippen LogP contribution >= 0.6 is 0 Å². The molecular weight excluding hydrogens is 268 g/mol. The highest BCUT2D eigenvalue weighted by molar-refractivity contribution is 5.85. The molecule has 1 aromatic rings. The fourth-order valence-electron chi connectivity index (χ4n) is 1.94. The van der Waals surface area contributed by atoms with Crippen LogP contribution in [0.2, 0.25) is 0 Å². The van der Waals surface area contributed by atoms with Crippen molar-refractivity contribution in [2.24, 2.45) is 0 Å². The van der Waals surface area contributed by atoms with Gasteiger partial charge in [-0.05, 0) is 43.0 Å². The van der Waals surface area contributed by atoms with Crippen LogP contribution in [0.1, 0.15) is 44.6 Å². The van der Waals surface area contributed by atoms with Gasteiger partial charge in [-0.15, -0.1) is 0 Å². The summed E-state index contributed by atoms with van der Waals surface area (Å²) in [5.41, 5.74) is 0.819. The van der Waals surface area contributed by atoms with E-state index >= 15 is 0 Å². The summed E-state index contributed by atoms with van der Waals surface area (Å²) in [5, 5.41) is 18.2. The molecule has 0 amide bonds. The van der Waals surface area contributed by atoms with Crippen LogP contribution in [0.5, 0.6) is 5.75 Å². The third-order valence-corrected chi connectivity index (χ3v) is 3.14. The lowest BCUT2D eigenvalue weighted by Crippen LogP contribution is -2.08. The number of hydrogen-bond acceptors (Lipinski definition) is 3. The first-order chi connectivity index (χ1) is 10.1. The van der Waals surface area contributed by atoms with Crippen LogP contribution in [0.4, 0.5) is 0 Å². The summed E-state index contributed by atoms with van der Waals surface area (Å²) < 4.78 is 5.59. The molecule has 0 aromatic heterocycles. The molecule has 0 saturated heterocycles. The lowest BCUT2D eigenvalue weighted by atomic mass is 10.1. The van der Waals surface area contributed by atoms with Crippen molar-refractivity contribution in [1.82, 2.24) is 0 Å². The molecule has 0 aliphatic rings. The number of aliphatic hydroxyl groups excluding tert-OH is 1. The van der Waals surface area contributed by atoms with Gasteiger partial charge in [0, 0.05) is 6.08 Å². The molecule has 0 fully saturated rings. The number of rotatable bonds is 10. The van der Waals surface area contributed by atoms with Crippen LogP contribution in [0.3, 0.4) is 0 Å². The third-order valence-electron chi connectivity index (χ3n) is 3.14. The van der Waals surface area contributed by atoms with E-state index in [-0.39, 0.29) is 6.10 Å². The maximum Gasteiger partial charge on any atom is 0.328 e. The predicted octanol–water partition coefficient (Wildman–Crippen LogP) is 3.49.